The molecule has 0 fully saturated rings. The molecule has 0 saturated carbocycles. The maximum atomic E-state index is 13.1. The van der Waals surface area contributed by atoms with Crippen LogP contribution in [0.4, 0.5) is 0 Å². The number of hydrogen-bond acceptors (Lipinski definition) is 4. The van der Waals surface area contributed by atoms with Gasteiger partial charge in [-0.2, -0.15) is 0 Å². The Bertz CT molecular complexity index is 830. The molecule has 3 rings (SSSR count). The summed E-state index contributed by atoms with van der Waals surface area (Å²) >= 11 is 1.58. The fourth-order valence-electron chi connectivity index (χ4n) is 3.05. The third-order valence-electron chi connectivity index (χ3n) is 4.58. The molecule has 132 valence electrons. The van der Waals surface area contributed by atoms with Gasteiger partial charge in [0.25, 0.3) is 0 Å². The Labute approximate surface area is 153 Å². The van der Waals surface area contributed by atoms with Gasteiger partial charge in [0, 0.05) is 10.8 Å². The average Bonchev–Trinajstić information content (AvgIpc) is 2.77. The van der Waals surface area contributed by atoms with Crippen LogP contribution in [0.2, 0.25) is 0 Å². The third-order valence-corrected chi connectivity index (χ3v) is 7.91. The van der Waals surface area contributed by atoms with Crippen molar-refractivity contribution in [3.8, 4) is 0 Å². The predicted octanol–water partition coefficient (Wildman–Crippen LogP) is 4.30. The van der Waals surface area contributed by atoms with Crippen LogP contribution in [0.3, 0.4) is 0 Å². The summed E-state index contributed by atoms with van der Waals surface area (Å²) in [5.74, 6) is -0.348. The summed E-state index contributed by atoms with van der Waals surface area (Å²) in [7, 11) is -3.54. The van der Waals surface area contributed by atoms with Crippen molar-refractivity contribution in [1.82, 2.24) is 0 Å². The topological polar surface area (TPSA) is 54.4 Å². The fourth-order valence-corrected chi connectivity index (χ4v) is 6.11. The standard InChI is InChI=1S/C20H22O3S2/c1-15-19(21)13-12-17(24-16-8-4-2-5-9-16)14-20(15)25(22,23)18-10-6-3-7-11-18/h2-11,14-15,19-21H,12-13H2,1H3/t15-,19-,20?/m1/s1. The number of hydrogen-bond donors (Lipinski definition) is 1. The van der Waals surface area contributed by atoms with Gasteiger partial charge in [-0.25, -0.2) is 8.42 Å². The molecule has 0 amide bonds. The lowest BCUT2D eigenvalue weighted by Gasteiger charge is -2.23. The molecule has 1 unspecified atom stereocenters. The minimum absolute atomic E-state index is 0.307. The van der Waals surface area contributed by atoms with Gasteiger partial charge in [0.05, 0.1) is 16.2 Å². The molecule has 0 aromatic heterocycles. The summed E-state index contributed by atoms with van der Waals surface area (Å²) < 4.78 is 26.3. The van der Waals surface area contributed by atoms with Crippen molar-refractivity contribution in [2.24, 2.45) is 5.92 Å². The Morgan fingerprint density at radius 1 is 1.00 bits per heavy atom. The summed E-state index contributed by atoms with van der Waals surface area (Å²) in [5, 5.41) is 9.69. The first-order valence-electron chi connectivity index (χ1n) is 8.39. The largest absolute Gasteiger partial charge is 0.393 e. The van der Waals surface area contributed by atoms with Gasteiger partial charge in [-0.05, 0) is 42.0 Å². The van der Waals surface area contributed by atoms with Gasteiger partial charge >= 0.3 is 0 Å². The van der Waals surface area contributed by atoms with Gasteiger partial charge < -0.3 is 5.11 Å². The van der Waals surface area contributed by atoms with E-state index in [-0.39, 0.29) is 5.92 Å². The number of benzene rings is 2. The Morgan fingerprint density at radius 3 is 2.24 bits per heavy atom. The van der Waals surface area contributed by atoms with Crippen molar-refractivity contribution in [3.05, 3.63) is 71.6 Å². The van der Waals surface area contributed by atoms with E-state index in [1.807, 2.05) is 43.3 Å². The molecular weight excluding hydrogens is 352 g/mol. The molecule has 0 spiro atoms. The third kappa shape index (κ3) is 4.17. The first-order valence-corrected chi connectivity index (χ1v) is 10.8. The SMILES string of the molecule is C[C@H]1C(S(=O)(=O)c2ccccc2)C=C(Sc2ccccc2)CC[C@H]1O. The summed E-state index contributed by atoms with van der Waals surface area (Å²) in [4.78, 5) is 2.38. The lowest BCUT2D eigenvalue weighted by Crippen LogP contribution is -2.33. The van der Waals surface area contributed by atoms with Gasteiger partial charge in [-0.3, -0.25) is 0 Å². The van der Waals surface area contributed by atoms with Gasteiger partial charge in [-0.1, -0.05) is 61.2 Å². The average molecular weight is 375 g/mol. The van der Waals surface area contributed by atoms with Crippen molar-refractivity contribution in [2.75, 3.05) is 0 Å². The van der Waals surface area contributed by atoms with Crippen LogP contribution in [0.1, 0.15) is 19.8 Å². The fraction of sp³-hybridized carbons (Fsp3) is 0.300. The number of thioether (sulfide) groups is 1. The Morgan fingerprint density at radius 2 is 1.60 bits per heavy atom. The van der Waals surface area contributed by atoms with Crippen LogP contribution in [0.25, 0.3) is 0 Å². The Kier molecular flexibility index (Phi) is 5.67. The maximum Gasteiger partial charge on any atom is 0.185 e. The molecule has 1 aliphatic rings. The van der Waals surface area contributed by atoms with Crippen molar-refractivity contribution < 1.29 is 13.5 Å². The van der Waals surface area contributed by atoms with Gasteiger partial charge in [0.2, 0.25) is 0 Å². The minimum Gasteiger partial charge on any atom is -0.393 e. The number of aliphatic hydroxyl groups excluding tert-OH is 1. The summed E-state index contributed by atoms with van der Waals surface area (Å²) in [6, 6.07) is 18.4. The molecule has 2 aromatic rings. The van der Waals surface area contributed by atoms with E-state index in [4.69, 9.17) is 0 Å². The van der Waals surface area contributed by atoms with E-state index in [2.05, 4.69) is 0 Å². The van der Waals surface area contributed by atoms with E-state index >= 15 is 0 Å². The molecule has 2 aromatic carbocycles. The van der Waals surface area contributed by atoms with Gasteiger partial charge in [0.15, 0.2) is 9.84 Å². The van der Waals surface area contributed by atoms with Gasteiger partial charge in [0.1, 0.15) is 0 Å². The second-order valence-electron chi connectivity index (χ2n) is 6.34. The van der Waals surface area contributed by atoms with E-state index in [1.54, 1.807) is 42.1 Å². The van der Waals surface area contributed by atoms with Gasteiger partial charge in [-0.15, -0.1) is 0 Å². The lowest BCUT2D eigenvalue weighted by atomic mass is 10.00. The quantitative estimate of drug-likeness (QED) is 0.867. The minimum atomic E-state index is -3.54. The van der Waals surface area contributed by atoms with E-state index in [1.165, 1.54) is 0 Å². The van der Waals surface area contributed by atoms with E-state index in [9.17, 15) is 13.5 Å². The van der Waals surface area contributed by atoms with E-state index in [0.717, 1.165) is 9.80 Å². The predicted molar refractivity (Wildman–Crippen MR) is 102 cm³/mol. The summed E-state index contributed by atoms with van der Waals surface area (Å²) in [6.07, 6.45) is 2.48. The molecule has 0 aliphatic heterocycles. The first-order chi connectivity index (χ1) is 12.0. The van der Waals surface area contributed by atoms with Crippen LogP contribution >= 0.6 is 11.8 Å². The number of sulfone groups is 1. The van der Waals surface area contributed by atoms with Crippen molar-refractivity contribution in [2.45, 2.75) is 40.9 Å². The van der Waals surface area contributed by atoms with Crippen molar-refractivity contribution in [3.63, 3.8) is 0 Å². The number of rotatable bonds is 4. The van der Waals surface area contributed by atoms with Crippen LogP contribution < -0.4 is 0 Å². The Hall–Kier alpha value is -1.56. The molecule has 0 radical (unpaired) electrons. The molecule has 0 heterocycles. The highest BCUT2D eigenvalue weighted by Crippen LogP contribution is 2.37. The molecule has 3 atom stereocenters. The van der Waals surface area contributed by atoms with Crippen LogP contribution in [0.5, 0.6) is 0 Å². The van der Waals surface area contributed by atoms with Crippen LogP contribution in [0, 0.1) is 5.92 Å². The second-order valence-corrected chi connectivity index (χ2v) is 9.64. The first kappa shape index (κ1) is 18.2. The molecule has 0 bridgehead atoms. The highest BCUT2D eigenvalue weighted by atomic mass is 32.2. The molecule has 5 heteroatoms. The second kappa shape index (κ2) is 7.77. The van der Waals surface area contributed by atoms with Crippen molar-refractivity contribution >= 4 is 21.6 Å². The molecule has 0 saturated heterocycles. The molecular formula is C20H22O3S2. The zero-order chi connectivity index (χ0) is 17.9. The highest BCUT2D eigenvalue weighted by Gasteiger charge is 2.36. The normalized spacial score (nSPS) is 24.4. The van der Waals surface area contributed by atoms with Crippen LogP contribution in [0.15, 0.2) is 81.4 Å². The summed E-state index contributed by atoms with van der Waals surface area (Å²) in [5.41, 5.74) is 0. The van der Waals surface area contributed by atoms with E-state index in [0.29, 0.717) is 17.7 Å². The van der Waals surface area contributed by atoms with Crippen LogP contribution in [-0.4, -0.2) is 24.9 Å². The zero-order valence-corrected chi connectivity index (χ0v) is 15.7. The highest BCUT2D eigenvalue weighted by molar-refractivity contribution is 8.03. The van der Waals surface area contributed by atoms with E-state index < -0.39 is 21.2 Å². The number of aliphatic hydroxyl groups is 1. The summed E-state index contributed by atoms with van der Waals surface area (Å²) in [6.45, 7) is 1.82. The smallest absolute Gasteiger partial charge is 0.185 e. The number of allylic oxidation sites excluding steroid dienone is 1. The molecule has 1 N–H and O–H groups in total. The Balaban J connectivity index is 1.97. The van der Waals surface area contributed by atoms with Crippen LogP contribution in [-0.2, 0) is 9.84 Å². The van der Waals surface area contributed by atoms with Crippen molar-refractivity contribution in [1.29, 1.82) is 0 Å². The molecule has 1 aliphatic carbocycles. The molecule has 25 heavy (non-hydrogen) atoms. The lowest BCUT2D eigenvalue weighted by molar-refractivity contribution is 0.113. The molecule has 3 nitrogen and oxygen atoms in total. The monoisotopic (exact) mass is 374 g/mol. The maximum absolute atomic E-state index is 13.1. The zero-order valence-electron chi connectivity index (χ0n) is 14.1.